The molecule has 0 spiro atoms. The highest BCUT2D eigenvalue weighted by molar-refractivity contribution is 7.47. The summed E-state index contributed by atoms with van der Waals surface area (Å²) in [6, 6.07) is -0.750. The standard InChI is InChI=1S/C45H93N2O6P/c1-6-8-10-11-12-13-14-15-16-17-18-19-20-21-22-23-24-25-26-27-28-29-30-31-32-33-34-35-37-38-44(48)43(46-45(49)39-36-9-7-2)42-53-54(50,51)52-41-40-47(3,4)5/h43-44,48H,6-42H2,1-5H3,(H-,46,49,50,51)/p+1. The molecule has 9 heteroatoms. The predicted molar refractivity (Wildman–Crippen MR) is 231 cm³/mol. The van der Waals surface area contributed by atoms with Crippen molar-refractivity contribution in [2.45, 2.75) is 244 Å². The summed E-state index contributed by atoms with van der Waals surface area (Å²) in [6.45, 7) is 4.74. The fraction of sp³-hybridized carbons (Fsp3) is 0.978. The number of carbonyl (C=O) groups excluding carboxylic acids is 1. The molecule has 3 N–H and O–H groups in total. The van der Waals surface area contributed by atoms with Crippen molar-refractivity contribution in [3.63, 3.8) is 0 Å². The number of quaternary nitrogens is 1. The van der Waals surface area contributed by atoms with Gasteiger partial charge in [0, 0.05) is 6.42 Å². The van der Waals surface area contributed by atoms with Crippen molar-refractivity contribution in [2.75, 3.05) is 40.9 Å². The normalized spacial score (nSPS) is 14.3. The van der Waals surface area contributed by atoms with E-state index in [-0.39, 0.29) is 19.1 Å². The first kappa shape index (κ1) is 53.5. The number of hydrogen-bond acceptors (Lipinski definition) is 5. The van der Waals surface area contributed by atoms with Crippen LogP contribution in [-0.4, -0.2) is 73.4 Å². The van der Waals surface area contributed by atoms with Gasteiger partial charge in [0.15, 0.2) is 0 Å². The van der Waals surface area contributed by atoms with Gasteiger partial charge in [-0.3, -0.25) is 13.8 Å². The van der Waals surface area contributed by atoms with Gasteiger partial charge in [0.2, 0.25) is 5.91 Å². The summed E-state index contributed by atoms with van der Waals surface area (Å²) in [5.74, 6) is -0.166. The number of rotatable bonds is 43. The number of nitrogens with zero attached hydrogens (tertiary/aromatic N) is 1. The lowest BCUT2D eigenvalue weighted by molar-refractivity contribution is -0.870. The SMILES string of the molecule is CCCCCCCCCCCCCCCCCCCCCCCCCCCCCCCC(O)C(COP(=O)(O)OCC[N+](C)(C)C)NC(=O)CCCCC. The zero-order valence-electron chi connectivity index (χ0n) is 36.7. The van der Waals surface area contributed by atoms with Gasteiger partial charge in [-0.05, 0) is 12.8 Å². The molecular weight excluding hydrogens is 695 g/mol. The van der Waals surface area contributed by atoms with E-state index in [0.717, 1.165) is 38.5 Å². The number of phosphoric ester groups is 1. The van der Waals surface area contributed by atoms with Crippen LogP contribution < -0.4 is 5.32 Å². The molecule has 324 valence electrons. The van der Waals surface area contributed by atoms with Gasteiger partial charge >= 0.3 is 7.82 Å². The number of likely N-dealkylation sites (N-methyl/N-ethyl adjacent to an activating group) is 1. The van der Waals surface area contributed by atoms with Gasteiger partial charge < -0.3 is 19.8 Å². The zero-order chi connectivity index (χ0) is 40.0. The average Bonchev–Trinajstić information content (AvgIpc) is 3.12. The molecular formula is C45H94N2O6P+. The van der Waals surface area contributed by atoms with Crippen LogP contribution in [0.3, 0.4) is 0 Å². The van der Waals surface area contributed by atoms with E-state index in [1.54, 1.807) is 0 Å². The van der Waals surface area contributed by atoms with Crippen molar-refractivity contribution in [3.05, 3.63) is 0 Å². The summed E-state index contributed by atoms with van der Waals surface area (Å²) in [5, 5.41) is 13.7. The van der Waals surface area contributed by atoms with Crippen LogP contribution in [-0.2, 0) is 18.4 Å². The molecule has 0 aliphatic heterocycles. The Bertz CT molecular complexity index is 855. The third-order valence-corrected chi connectivity index (χ3v) is 11.8. The molecule has 0 aliphatic carbocycles. The van der Waals surface area contributed by atoms with Crippen LogP contribution in [0, 0.1) is 0 Å². The number of phosphoric acid groups is 1. The Morgan fingerprint density at radius 1 is 0.556 bits per heavy atom. The van der Waals surface area contributed by atoms with E-state index in [9.17, 15) is 19.4 Å². The van der Waals surface area contributed by atoms with Gasteiger partial charge in [-0.25, -0.2) is 4.57 Å². The fourth-order valence-corrected chi connectivity index (χ4v) is 7.84. The van der Waals surface area contributed by atoms with E-state index >= 15 is 0 Å². The van der Waals surface area contributed by atoms with Crippen LogP contribution in [0.25, 0.3) is 0 Å². The minimum absolute atomic E-state index is 0.0769. The molecule has 0 aromatic heterocycles. The summed E-state index contributed by atoms with van der Waals surface area (Å²) in [4.78, 5) is 22.7. The summed E-state index contributed by atoms with van der Waals surface area (Å²) in [5.41, 5.74) is 0. The molecule has 3 unspecified atom stereocenters. The Hall–Kier alpha value is -0.500. The lowest BCUT2D eigenvalue weighted by Gasteiger charge is -2.26. The van der Waals surface area contributed by atoms with Gasteiger partial charge in [-0.15, -0.1) is 0 Å². The number of aliphatic hydroxyl groups excluding tert-OH is 1. The first-order valence-electron chi connectivity index (χ1n) is 23.4. The molecule has 3 atom stereocenters. The van der Waals surface area contributed by atoms with Gasteiger partial charge in [0.1, 0.15) is 13.2 Å². The van der Waals surface area contributed by atoms with Crippen molar-refractivity contribution in [1.82, 2.24) is 5.32 Å². The number of hydrogen-bond donors (Lipinski definition) is 3. The van der Waals surface area contributed by atoms with E-state index in [1.807, 2.05) is 21.1 Å². The molecule has 0 saturated heterocycles. The summed E-state index contributed by atoms with van der Waals surface area (Å²) >= 11 is 0. The number of aliphatic hydroxyl groups is 1. The largest absolute Gasteiger partial charge is 0.472 e. The maximum atomic E-state index is 12.5. The van der Waals surface area contributed by atoms with Crippen LogP contribution in [0.15, 0.2) is 0 Å². The van der Waals surface area contributed by atoms with Gasteiger partial charge in [-0.1, -0.05) is 213 Å². The highest BCUT2D eigenvalue weighted by Gasteiger charge is 2.28. The molecule has 0 bridgehead atoms. The first-order chi connectivity index (χ1) is 26.0. The molecule has 0 heterocycles. The molecule has 54 heavy (non-hydrogen) atoms. The van der Waals surface area contributed by atoms with E-state index in [0.29, 0.717) is 23.9 Å². The Morgan fingerprint density at radius 3 is 1.24 bits per heavy atom. The number of unbranched alkanes of at least 4 members (excludes halogenated alkanes) is 30. The molecule has 0 aromatic carbocycles. The second-order valence-corrected chi connectivity index (χ2v) is 19.0. The Balaban J connectivity index is 3.77. The van der Waals surface area contributed by atoms with Gasteiger partial charge in [-0.2, -0.15) is 0 Å². The lowest BCUT2D eigenvalue weighted by Crippen LogP contribution is -2.46. The molecule has 0 fully saturated rings. The average molecular weight is 790 g/mol. The monoisotopic (exact) mass is 790 g/mol. The van der Waals surface area contributed by atoms with Gasteiger partial charge in [0.25, 0.3) is 0 Å². The van der Waals surface area contributed by atoms with Crippen molar-refractivity contribution >= 4 is 13.7 Å². The van der Waals surface area contributed by atoms with Crippen LogP contribution in [0.2, 0.25) is 0 Å². The minimum atomic E-state index is -4.29. The predicted octanol–water partition coefficient (Wildman–Crippen LogP) is 13.0. The van der Waals surface area contributed by atoms with E-state index in [1.165, 1.54) is 167 Å². The van der Waals surface area contributed by atoms with Gasteiger partial charge in [0.05, 0.1) is 39.9 Å². The van der Waals surface area contributed by atoms with Crippen molar-refractivity contribution in [2.24, 2.45) is 0 Å². The summed E-state index contributed by atoms with van der Waals surface area (Å²) in [6.07, 6.45) is 42.4. The topological polar surface area (TPSA) is 105 Å². The first-order valence-corrected chi connectivity index (χ1v) is 24.9. The maximum absolute atomic E-state index is 12.5. The Labute approximate surface area is 336 Å². The van der Waals surface area contributed by atoms with Crippen molar-refractivity contribution in [3.8, 4) is 0 Å². The van der Waals surface area contributed by atoms with E-state index < -0.39 is 20.0 Å². The van der Waals surface area contributed by atoms with Crippen molar-refractivity contribution in [1.29, 1.82) is 0 Å². The lowest BCUT2D eigenvalue weighted by atomic mass is 10.0. The third-order valence-electron chi connectivity index (χ3n) is 10.9. The highest BCUT2D eigenvalue weighted by Crippen LogP contribution is 2.43. The van der Waals surface area contributed by atoms with Crippen LogP contribution in [0.1, 0.15) is 232 Å². The molecule has 0 aliphatic rings. The molecule has 0 rings (SSSR count). The highest BCUT2D eigenvalue weighted by atomic mass is 31.2. The molecule has 8 nitrogen and oxygen atoms in total. The molecule has 0 saturated carbocycles. The van der Waals surface area contributed by atoms with E-state index in [4.69, 9.17) is 9.05 Å². The summed E-state index contributed by atoms with van der Waals surface area (Å²) in [7, 11) is 1.62. The molecule has 0 radical (unpaired) electrons. The molecule has 1 amide bonds. The zero-order valence-corrected chi connectivity index (χ0v) is 37.6. The fourth-order valence-electron chi connectivity index (χ4n) is 7.11. The number of carbonyl (C=O) groups is 1. The maximum Gasteiger partial charge on any atom is 0.472 e. The number of nitrogens with one attached hydrogen (secondary N) is 1. The summed E-state index contributed by atoms with van der Waals surface area (Å²) < 4.78 is 23.4. The Morgan fingerprint density at radius 2 is 0.889 bits per heavy atom. The van der Waals surface area contributed by atoms with Crippen molar-refractivity contribution < 1.29 is 32.9 Å². The third kappa shape index (κ3) is 39.7. The number of amides is 1. The second kappa shape index (κ2) is 38.0. The smallest absolute Gasteiger partial charge is 0.391 e. The van der Waals surface area contributed by atoms with Crippen LogP contribution >= 0.6 is 7.82 Å². The molecule has 0 aromatic rings. The van der Waals surface area contributed by atoms with Crippen LogP contribution in [0.5, 0.6) is 0 Å². The van der Waals surface area contributed by atoms with Crippen LogP contribution in [0.4, 0.5) is 0 Å². The Kier molecular flexibility index (Phi) is 37.7. The van der Waals surface area contributed by atoms with E-state index in [2.05, 4.69) is 19.2 Å². The second-order valence-electron chi connectivity index (χ2n) is 17.5. The quantitative estimate of drug-likeness (QED) is 0.0323. The minimum Gasteiger partial charge on any atom is -0.391 e.